The zero-order chi connectivity index (χ0) is 20.3. The van der Waals surface area contributed by atoms with Crippen molar-refractivity contribution in [2.45, 2.75) is 89.8 Å². The van der Waals surface area contributed by atoms with Crippen molar-refractivity contribution in [3.8, 4) is 0 Å². The Bertz CT molecular complexity index is 714. The highest BCUT2D eigenvalue weighted by Crippen LogP contribution is 2.67. The summed E-state index contributed by atoms with van der Waals surface area (Å²) in [6.07, 6.45) is 8.60. The number of allylic oxidation sites excluding steroid dienone is 1. The van der Waals surface area contributed by atoms with Gasteiger partial charge >= 0.3 is 5.97 Å². The lowest BCUT2D eigenvalue weighted by atomic mass is 9.46. The summed E-state index contributed by atoms with van der Waals surface area (Å²) in [5, 5.41) is 30.5. The highest BCUT2D eigenvalue weighted by atomic mass is 16.4. The summed E-state index contributed by atoms with van der Waals surface area (Å²) in [5.74, 6) is 0.0419. The van der Waals surface area contributed by atoms with Gasteiger partial charge in [0.05, 0.1) is 12.5 Å². The molecule has 3 fully saturated rings. The topological polar surface area (TPSA) is 94.8 Å². The van der Waals surface area contributed by atoms with Crippen molar-refractivity contribution in [2.24, 2.45) is 28.6 Å². The molecular formula is C23H34O5. The van der Waals surface area contributed by atoms with Crippen LogP contribution in [0.2, 0.25) is 0 Å². The van der Waals surface area contributed by atoms with Crippen LogP contribution in [0.1, 0.15) is 78.1 Å². The minimum absolute atomic E-state index is 0.0815. The van der Waals surface area contributed by atoms with Crippen LogP contribution in [0.5, 0.6) is 0 Å². The number of aliphatic hydroxyl groups is 2. The lowest BCUT2D eigenvalue weighted by Crippen LogP contribution is -2.57. The normalized spacial score (nSPS) is 47.5. The molecule has 0 aromatic carbocycles. The number of ketones is 1. The van der Waals surface area contributed by atoms with Crippen molar-refractivity contribution in [1.82, 2.24) is 0 Å². The van der Waals surface area contributed by atoms with Crippen LogP contribution >= 0.6 is 0 Å². The largest absolute Gasteiger partial charge is 0.481 e. The Morgan fingerprint density at radius 1 is 1.07 bits per heavy atom. The Labute approximate surface area is 167 Å². The van der Waals surface area contributed by atoms with E-state index in [4.69, 9.17) is 5.11 Å². The summed E-state index contributed by atoms with van der Waals surface area (Å²) in [6.45, 7) is 4.44. The van der Waals surface area contributed by atoms with Crippen LogP contribution in [0, 0.1) is 28.6 Å². The molecule has 0 aromatic heterocycles. The van der Waals surface area contributed by atoms with Gasteiger partial charge in [-0.1, -0.05) is 25.5 Å². The average Bonchev–Trinajstić information content (AvgIpc) is 2.92. The number of carboxylic acids is 1. The molecular weight excluding hydrogens is 356 g/mol. The van der Waals surface area contributed by atoms with E-state index in [1.807, 2.05) is 0 Å². The van der Waals surface area contributed by atoms with E-state index >= 15 is 0 Å². The van der Waals surface area contributed by atoms with Crippen LogP contribution in [0.25, 0.3) is 0 Å². The fraction of sp³-hybridized carbons (Fsp3) is 0.826. The van der Waals surface area contributed by atoms with Gasteiger partial charge in [0.15, 0.2) is 5.78 Å². The quantitative estimate of drug-likeness (QED) is 0.639. The molecule has 4 aliphatic rings. The second kappa shape index (κ2) is 6.66. The third kappa shape index (κ3) is 2.72. The number of carbonyl (C=O) groups is 2. The number of aliphatic hydroxyl groups excluding tert-OH is 1. The molecule has 0 saturated heterocycles. The second-order valence-corrected chi connectivity index (χ2v) is 10.3. The summed E-state index contributed by atoms with van der Waals surface area (Å²) >= 11 is 0. The Hall–Kier alpha value is -1.20. The first kappa shape index (κ1) is 20.1. The Morgan fingerprint density at radius 2 is 1.79 bits per heavy atom. The van der Waals surface area contributed by atoms with Crippen molar-refractivity contribution in [3.63, 3.8) is 0 Å². The van der Waals surface area contributed by atoms with E-state index in [2.05, 4.69) is 19.9 Å². The number of carbonyl (C=O) groups excluding carboxylic acids is 1. The van der Waals surface area contributed by atoms with Crippen molar-refractivity contribution in [1.29, 1.82) is 0 Å². The van der Waals surface area contributed by atoms with Crippen molar-refractivity contribution in [3.05, 3.63) is 11.6 Å². The zero-order valence-electron chi connectivity index (χ0n) is 17.1. The maximum Gasteiger partial charge on any atom is 0.303 e. The smallest absolute Gasteiger partial charge is 0.303 e. The molecule has 0 bridgehead atoms. The van der Waals surface area contributed by atoms with E-state index in [-0.39, 0.29) is 30.1 Å². The van der Waals surface area contributed by atoms with Gasteiger partial charge in [-0.25, -0.2) is 0 Å². The van der Waals surface area contributed by atoms with Gasteiger partial charge in [0.2, 0.25) is 0 Å². The van der Waals surface area contributed by atoms with Gasteiger partial charge in [-0.05, 0) is 74.5 Å². The molecule has 0 radical (unpaired) electrons. The van der Waals surface area contributed by atoms with Gasteiger partial charge in [-0.15, -0.1) is 0 Å². The molecule has 0 heterocycles. The van der Waals surface area contributed by atoms with Crippen LogP contribution < -0.4 is 0 Å². The van der Waals surface area contributed by atoms with E-state index < -0.39 is 17.0 Å². The van der Waals surface area contributed by atoms with Crippen molar-refractivity contribution >= 4 is 11.8 Å². The van der Waals surface area contributed by atoms with Gasteiger partial charge < -0.3 is 15.3 Å². The molecule has 0 aliphatic heterocycles. The highest BCUT2D eigenvalue weighted by molar-refractivity contribution is 5.90. The van der Waals surface area contributed by atoms with E-state index in [1.54, 1.807) is 0 Å². The third-order valence-electron chi connectivity index (χ3n) is 9.26. The van der Waals surface area contributed by atoms with Crippen LogP contribution in [-0.2, 0) is 9.59 Å². The zero-order valence-corrected chi connectivity index (χ0v) is 17.1. The maximum absolute atomic E-state index is 12.9. The van der Waals surface area contributed by atoms with E-state index in [0.29, 0.717) is 24.2 Å². The van der Waals surface area contributed by atoms with Gasteiger partial charge in [0.1, 0.15) is 5.60 Å². The minimum atomic E-state index is -1.38. The lowest BCUT2D eigenvalue weighted by molar-refractivity contribution is -0.162. The van der Waals surface area contributed by atoms with E-state index in [0.717, 1.165) is 44.9 Å². The number of Topliss-reactive ketones (excluding diaryl/α,β-unsaturated/α-hetero) is 1. The van der Waals surface area contributed by atoms with Crippen molar-refractivity contribution in [2.75, 3.05) is 0 Å². The van der Waals surface area contributed by atoms with Gasteiger partial charge in [0, 0.05) is 11.8 Å². The molecule has 5 nitrogen and oxygen atoms in total. The maximum atomic E-state index is 12.9. The van der Waals surface area contributed by atoms with Crippen LogP contribution in [0.15, 0.2) is 11.6 Å². The highest BCUT2D eigenvalue weighted by Gasteiger charge is 2.65. The van der Waals surface area contributed by atoms with Crippen molar-refractivity contribution < 1.29 is 24.9 Å². The van der Waals surface area contributed by atoms with Gasteiger partial charge in [-0.3, -0.25) is 9.59 Å². The first-order valence-corrected chi connectivity index (χ1v) is 11.0. The summed E-state index contributed by atoms with van der Waals surface area (Å²) in [7, 11) is 0. The number of hydrogen-bond donors (Lipinski definition) is 3. The summed E-state index contributed by atoms with van der Waals surface area (Å²) < 4.78 is 0. The minimum Gasteiger partial charge on any atom is -0.481 e. The molecule has 3 N–H and O–H groups in total. The number of rotatable bonds is 4. The standard InChI is InChI=1S/C23H34O5/c1-21-10-7-15(24)13-14(21)3-4-16-17(21)8-11-22(2)18(16)9-12-23(22,28)19(25)5-6-20(26)27/h3,15-18,24,28H,4-13H2,1-2H3,(H,26,27)/t15-,16+,17-,18-,21-,22-,23-/m0/s1. The first-order valence-electron chi connectivity index (χ1n) is 11.0. The van der Waals surface area contributed by atoms with E-state index in [9.17, 15) is 19.8 Å². The van der Waals surface area contributed by atoms with Crippen LogP contribution in [0.3, 0.4) is 0 Å². The predicted octanol–water partition coefficient (Wildman–Crippen LogP) is 3.48. The van der Waals surface area contributed by atoms with Crippen LogP contribution in [-0.4, -0.2) is 38.8 Å². The van der Waals surface area contributed by atoms with Crippen LogP contribution in [0.4, 0.5) is 0 Å². The summed E-state index contributed by atoms with van der Waals surface area (Å²) in [6, 6.07) is 0. The predicted molar refractivity (Wildman–Crippen MR) is 105 cm³/mol. The molecule has 3 saturated carbocycles. The lowest BCUT2D eigenvalue weighted by Gasteiger charge is -2.58. The molecule has 0 amide bonds. The van der Waals surface area contributed by atoms with Gasteiger partial charge in [-0.2, -0.15) is 0 Å². The Kier molecular flexibility index (Phi) is 4.78. The number of aliphatic carboxylic acids is 1. The molecule has 0 unspecified atom stereocenters. The van der Waals surface area contributed by atoms with Gasteiger partial charge in [0.25, 0.3) is 0 Å². The molecule has 4 aliphatic carbocycles. The third-order valence-corrected chi connectivity index (χ3v) is 9.26. The number of carboxylic acid groups (broad SMARTS) is 1. The Morgan fingerprint density at radius 3 is 2.50 bits per heavy atom. The molecule has 156 valence electrons. The summed E-state index contributed by atoms with van der Waals surface area (Å²) in [5.41, 5.74) is -0.287. The molecule has 5 heteroatoms. The van der Waals surface area contributed by atoms with E-state index in [1.165, 1.54) is 5.57 Å². The molecule has 4 rings (SSSR count). The summed E-state index contributed by atoms with van der Waals surface area (Å²) in [4.78, 5) is 23.8. The number of fused-ring (bicyclic) bond motifs is 5. The molecule has 7 atom stereocenters. The fourth-order valence-electron chi connectivity index (χ4n) is 7.54. The molecule has 28 heavy (non-hydrogen) atoms. The second-order valence-electron chi connectivity index (χ2n) is 10.3. The fourth-order valence-corrected chi connectivity index (χ4v) is 7.54. The SMILES string of the molecule is C[C@]12CC[C@H](O)CC1=CC[C@@H]1[C@@H]2CC[C@@]2(C)[C@H]1CC[C@]2(O)C(=O)CCC(=O)O. The molecule has 0 spiro atoms. The Balaban J connectivity index is 1.60. The monoisotopic (exact) mass is 390 g/mol. The number of hydrogen-bond acceptors (Lipinski definition) is 4. The first-order chi connectivity index (χ1) is 13.1. The average molecular weight is 391 g/mol. The molecule has 0 aromatic rings.